The Hall–Kier alpha value is -2.62. The third-order valence-corrected chi connectivity index (χ3v) is 4.51. The van der Waals surface area contributed by atoms with Gasteiger partial charge in [0, 0.05) is 26.1 Å². The summed E-state index contributed by atoms with van der Waals surface area (Å²) >= 11 is 0. The van der Waals surface area contributed by atoms with E-state index in [1.165, 1.54) is 5.56 Å². The first-order valence-corrected chi connectivity index (χ1v) is 8.78. The second-order valence-electron chi connectivity index (χ2n) is 6.68. The third kappa shape index (κ3) is 4.92. The normalized spacial score (nSPS) is 14.0. The van der Waals surface area contributed by atoms with Crippen molar-refractivity contribution in [3.8, 4) is 0 Å². The molecule has 0 aliphatic carbocycles. The fourth-order valence-electron chi connectivity index (χ4n) is 3.08. The van der Waals surface area contributed by atoms with Gasteiger partial charge in [-0.2, -0.15) is 0 Å². The molecule has 0 atom stereocenters. The number of hydrogen-bond acceptors (Lipinski definition) is 2. The minimum Gasteiger partial charge on any atom is -0.352 e. The van der Waals surface area contributed by atoms with Crippen LogP contribution in [0.4, 0.5) is 0 Å². The van der Waals surface area contributed by atoms with Crippen molar-refractivity contribution in [1.29, 1.82) is 0 Å². The van der Waals surface area contributed by atoms with Crippen LogP contribution >= 0.6 is 0 Å². The molecule has 1 saturated heterocycles. The molecule has 1 aliphatic rings. The van der Waals surface area contributed by atoms with Gasteiger partial charge in [-0.15, -0.1) is 0 Å². The minimum atomic E-state index is 0.0176. The Labute approximate surface area is 148 Å². The number of amides is 2. The van der Waals surface area contributed by atoms with Gasteiger partial charge in [0.1, 0.15) is 0 Å². The quantitative estimate of drug-likeness (QED) is 0.882. The van der Waals surface area contributed by atoms with Gasteiger partial charge in [0.05, 0.1) is 6.42 Å². The highest BCUT2D eigenvalue weighted by molar-refractivity contribution is 5.78. The van der Waals surface area contributed by atoms with Crippen LogP contribution < -0.4 is 5.32 Å². The van der Waals surface area contributed by atoms with Crippen LogP contribution in [0.2, 0.25) is 0 Å². The van der Waals surface area contributed by atoms with Gasteiger partial charge < -0.3 is 10.2 Å². The van der Waals surface area contributed by atoms with E-state index in [-0.39, 0.29) is 11.8 Å². The Balaban J connectivity index is 1.52. The van der Waals surface area contributed by atoms with Crippen LogP contribution in [-0.2, 0) is 29.1 Å². The van der Waals surface area contributed by atoms with Gasteiger partial charge in [-0.05, 0) is 30.0 Å². The average Bonchev–Trinajstić information content (AvgIpc) is 3.00. The number of rotatable bonds is 6. The van der Waals surface area contributed by atoms with E-state index >= 15 is 0 Å². The van der Waals surface area contributed by atoms with E-state index < -0.39 is 0 Å². The van der Waals surface area contributed by atoms with Crippen molar-refractivity contribution >= 4 is 11.8 Å². The van der Waals surface area contributed by atoms with E-state index in [0.29, 0.717) is 25.9 Å². The summed E-state index contributed by atoms with van der Waals surface area (Å²) in [6.45, 7) is 4.04. The number of aryl methyl sites for hydroxylation is 1. The van der Waals surface area contributed by atoms with E-state index in [0.717, 1.165) is 29.7 Å². The third-order valence-electron chi connectivity index (χ3n) is 4.51. The van der Waals surface area contributed by atoms with Crippen LogP contribution in [0.1, 0.15) is 35.1 Å². The predicted molar refractivity (Wildman–Crippen MR) is 97.8 cm³/mol. The van der Waals surface area contributed by atoms with E-state index in [9.17, 15) is 9.59 Å². The molecule has 130 valence electrons. The summed E-state index contributed by atoms with van der Waals surface area (Å²) in [7, 11) is 0. The van der Waals surface area contributed by atoms with Crippen LogP contribution in [0.25, 0.3) is 0 Å². The lowest BCUT2D eigenvalue weighted by atomic mass is 10.1. The van der Waals surface area contributed by atoms with E-state index in [1.807, 2.05) is 54.3 Å². The Bertz CT molecular complexity index is 753. The highest BCUT2D eigenvalue weighted by atomic mass is 16.2. The number of benzene rings is 2. The number of nitrogens with zero attached hydrogens (tertiary/aromatic N) is 1. The molecule has 4 heteroatoms. The summed E-state index contributed by atoms with van der Waals surface area (Å²) in [6, 6.07) is 16.1. The van der Waals surface area contributed by atoms with Crippen molar-refractivity contribution in [3.63, 3.8) is 0 Å². The van der Waals surface area contributed by atoms with Crippen LogP contribution in [0.3, 0.4) is 0 Å². The maximum atomic E-state index is 12.1. The summed E-state index contributed by atoms with van der Waals surface area (Å²) in [5.74, 6) is 0.251. The number of likely N-dealkylation sites (tertiary alicyclic amines) is 1. The topological polar surface area (TPSA) is 49.4 Å². The van der Waals surface area contributed by atoms with Gasteiger partial charge in [-0.25, -0.2) is 0 Å². The maximum absolute atomic E-state index is 12.1. The summed E-state index contributed by atoms with van der Waals surface area (Å²) in [5.41, 5.74) is 4.38. The van der Waals surface area contributed by atoms with Crippen molar-refractivity contribution < 1.29 is 9.59 Å². The second kappa shape index (κ2) is 7.97. The molecule has 0 saturated carbocycles. The lowest BCUT2D eigenvalue weighted by Gasteiger charge is -2.16. The number of nitrogens with one attached hydrogen (secondary N) is 1. The Morgan fingerprint density at radius 2 is 1.84 bits per heavy atom. The number of carbonyl (C=O) groups is 2. The van der Waals surface area contributed by atoms with E-state index in [4.69, 9.17) is 0 Å². The number of hydrogen-bond donors (Lipinski definition) is 1. The van der Waals surface area contributed by atoms with Gasteiger partial charge in [-0.1, -0.05) is 54.1 Å². The fraction of sp³-hybridized carbons (Fsp3) is 0.333. The average molecular weight is 336 g/mol. The monoisotopic (exact) mass is 336 g/mol. The van der Waals surface area contributed by atoms with Gasteiger partial charge in [0.25, 0.3) is 0 Å². The molecular weight excluding hydrogens is 312 g/mol. The molecule has 1 N–H and O–H groups in total. The van der Waals surface area contributed by atoms with Crippen LogP contribution in [0, 0.1) is 6.92 Å². The molecule has 1 heterocycles. The Morgan fingerprint density at radius 1 is 1.08 bits per heavy atom. The summed E-state index contributed by atoms with van der Waals surface area (Å²) in [4.78, 5) is 25.8. The summed E-state index contributed by atoms with van der Waals surface area (Å²) < 4.78 is 0. The van der Waals surface area contributed by atoms with Crippen LogP contribution in [0.15, 0.2) is 48.5 Å². The molecule has 4 nitrogen and oxygen atoms in total. The Morgan fingerprint density at radius 3 is 2.56 bits per heavy atom. The molecule has 0 unspecified atom stereocenters. The van der Waals surface area contributed by atoms with Crippen molar-refractivity contribution in [1.82, 2.24) is 10.2 Å². The number of carbonyl (C=O) groups excluding carboxylic acids is 2. The van der Waals surface area contributed by atoms with Crippen LogP contribution in [-0.4, -0.2) is 23.3 Å². The first-order valence-electron chi connectivity index (χ1n) is 8.78. The van der Waals surface area contributed by atoms with E-state index in [2.05, 4.69) is 11.4 Å². The van der Waals surface area contributed by atoms with Crippen molar-refractivity contribution in [2.45, 2.75) is 39.3 Å². The Kier molecular flexibility index (Phi) is 5.49. The van der Waals surface area contributed by atoms with E-state index in [1.54, 1.807) is 0 Å². The largest absolute Gasteiger partial charge is 0.352 e. The van der Waals surface area contributed by atoms with Gasteiger partial charge in [-0.3, -0.25) is 9.59 Å². The molecule has 0 spiro atoms. The SMILES string of the molecule is Cc1ccc(CC(=O)NCc2cccc(CN3CCCC3=O)c2)cc1. The lowest BCUT2D eigenvalue weighted by Crippen LogP contribution is -2.25. The van der Waals surface area contributed by atoms with Crippen LogP contribution in [0.5, 0.6) is 0 Å². The molecular formula is C21H24N2O2. The van der Waals surface area contributed by atoms with Gasteiger partial charge >= 0.3 is 0 Å². The molecule has 0 radical (unpaired) electrons. The summed E-state index contributed by atoms with van der Waals surface area (Å²) in [5, 5.41) is 2.97. The van der Waals surface area contributed by atoms with Crippen molar-refractivity contribution in [2.75, 3.05) is 6.54 Å². The predicted octanol–water partition coefficient (Wildman–Crippen LogP) is 2.98. The van der Waals surface area contributed by atoms with Gasteiger partial charge in [0.15, 0.2) is 0 Å². The van der Waals surface area contributed by atoms with Crippen molar-refractivity contribution in [3.05, 3.63) is 70.8 Å². The molecule has 2 amide bonds. The second-order valence-corrected chi connectivity index (χ2v) is 6.68. The molecule has 0 aromatic heterocycles. The zero-order chi connectivity index (χ0) is 17.6. The molecule has 0 bridgehead atoms. The highest BCUT2D eigenvalue weighted by Crippen LogP contribution is 2.15. The molecule has 3 rings (SSSR count). The molecule has 2 aromatic carbocycles. The minimum absolute atomic E-state index is 0.0176. The first-order chi connectivity index (χ1) is 12.1. The van der Waals surface area contributed by atoms with Crippen molar-refractivity contribution in [2.24, 2.45) is 0 Å². The standard InChI is InChI=1S/C21H24N2O2/c1-16-7-9-17(10-8-16)13-20(24)22-14-18-4-2-5-19(12-18)15-23-11-3-6-21(23)25/h2,4-5,7-10,12H,3,6,11,13-15H2,1H3,(H,22,24). The molecule has 25 heavy (non-hydrogen) atoms. The highest BCUT2D eigenvalue weighted by Gasteiger charge is 2.19. The zero-order valence-corrected chi connectivity index (χ0v) is 14.6. The van der Waals surface area contributed by atoms with Gasteiger partial charge in [0.2, 0.25) is 11.8 Å². The fourth-order valence-corrected chi connectivity index (χ4v) is 3.08. The smallest absolute Gasteiger partial charge is 0.224 e. The summed E-state index contributed by atoms with van der Waals surface area (Å²) in [6.07, 6.45) is 2.00. The maximum Gasteiger partial charge on any atom is 0.224 e. The first kappa shape index (κ1) is 17.2. The molecule has 1 aliphatic heterocycles. The molecule has 1 fully saturated rings. The molecule has 2 aromatic rings. The lowest BCUT2D eigenvalue weighted by molar-refractivity contribution is -0.128. The zero-order valence-electron chi connectivity index (χ0n) is 14.6.